The summed E-state index contributed by atoms with van der Waals surface area (Å²) in [6.07, 6.45) is 8.85. The van der Waals surface area contributed by atoms with Gasteiger partial charge in [0, 0.05) is 19.5 Å². The molecule has 0 saturated carbocycles. The molecular weight excluding hydrogens is 254 g/mol. The molecule has 0 rings (SSSR count). The lowest BCUT2D eigenvalue weighted by Gasteiger charge is -2.20. The van der Waals surface area contributed by atoms with Gasteiger partial charge in [-0.05, 0) is 39.5 Å². The molecule has 0 heterocycles. The van der Waals surface area contributed by atoms with Crippen LogP contribution in [0.2, 0.25) is 0 Å². The van der Waals surface area contributed by atoms with Crippen molar-refractivity contribution in [1.82, 2.24) is 4.90 Å². The van der Waals surface area contributed by atoms with Gasteiger partial charge in [-0.25, -0.2) is 0 Å². The number of allylic oxidation sites excluding steroid dienone is 2. The molecule has 4 nitrogen and oxygen atoms in total. The largest absolute Gasteiger partial charge is 0.481 e. The lowest BCUT2D eigenvalue weighted by Crippen LogP contribution is -2.33. The molecule has 0 aliphatic carbocycles. The first kappa shape index (κ1) is 18.7. The van der Waals surface area contributed by atoms with Gasteiger partial charge in [0.2, 0.25) is 5.91 Å². The molecule has 1 amide bonds. The van der Waals surface area contributed by atoms with E-state index in [1.165, 1.54) is 0 Å². The number of hydrogen-bond donors (Lipinski definition) is 1. The SMILES string of the molecule is CCC/C=C/CCCC(CC(=O)N(CC)CC)C(=O)O. The highest BCUT2D eigenvalue weighted by atomic mass is 16.4. The van der Waals surface area contributed by atoms with E-state index >= 15 is 0 Å². The van der Waals surface area contributed by atoms with Crippen LogP contribution >= 0.6 is 0 Å². The number of amides is 1. The predicted molar refractivity (Wildman–Crippen MR) is 81.6 cm³/mol. The minimum absolute atomic E-state index is 0.0519. The van der Waals surface area contributed by atoms with E-state index in [-0.39, 0.29) is 12.3 Å². The van der Waals surface area contributed by atoms with E-state index < -0.39 is 11.9 Å². The molecule has 1 unspecified atom stereocenters. The van der Waals surface area contributed by atoms with Crippen molar-refractivity contribution < 1.29 is 14.7 Å². The zero-order valence-corrected chi connectivity index (χ0v) is 13.1. The Bertz CT molecular complexity index is 309. The zero-order chi connectivity index (χ0) is 15.4. The Hall–Kier alpha value is -1.32. The standard InChI is InChI=1S/C16H29NO3/c1-4-7-8-9-10-11-12-14(16(19)20)13-15(18)17(5-2)6-3/h8-9,14H,4-7,10-13H2,1-3H3,(H,19,20)/b9-8+. The third-order valence-corrected chi connectivity index (χ3v) is 3.43. The Balaban J connectivity index is 4.17. The fourth-order valence-electron chi connectivity index (χ4n) is 2.11. The van der Waals surface area contributed by atoms with Gasteiger partial charge in [-0.2, -0.15) is 0 Å². The molecule has 0 aromatic heterocycles. The van der Waals surface area contributed by atoms with Crippen LogP contribution in [0.25, 0.3) is 0 Å². The Morgan fingerprint density at radius 3 is 2.20 bits per heavy atom. The number of carboxylic acids is 1. The summed E-state index contributed by atoms with van der Waals surface area (Å²) in [5.74, 6) is -1.46. The molecule has 0 aliphatic rings. The second-order valence-electron chi connectivity index (χ2n) is 5.00. The molecule has 1 atom stereocenters. The second kappa shape index (κ2) is 11.5. The van der Waals surface area contributed by atoms with Gasteiger partial charge in [-0.15, -0.1) is 0 Å². The average Bonchev–Trinajstić information content (AvgIpc) is 2.42. The van der Waals surface area contributed by atoms with Crippen molar-refractivity contribution in [3.8, 4) is 0 Å². The van der Waals surface area contributed by atoms with E-state index in [9.17, 15) is 14.7 Å². The van der Waals surface area contributed by atoms with Crippen LogP contribution in [-0.4, -0.2) is 35.0 Å². The van der Waals surface area contributed by atoms with Crippen molar-refractivity contribution in [3.63, 3.8) is 0 Å². The Kier molecular flexibility index (Phi) is 10.7. The van der Waals surface area contributed by atoms with Crippen molar-refractivity contribution in [2.75, 3.05) is 13.1 Å². The maximum atomic E-state index is 11.9. The first-order valence-corrected chi connectivity index (χ1v) is 7.72. The number of hydrogen-bond acceptors (Lipinski definition) is 2. The summed E-state index contributed by atoms with van der Waals surface area (Å²) >= 11 is 0. The number of aliphatic carboxylic acids is 1. The van der Waals surface area contributed by atoms with Crippen LogP contribution in [0.15, 0.2) is 12.2 Å². The second-order valence-corrected chi connectivity index (χ2v) is 5.00. The number of carbonyl (C=O) groups excluding carboxylic acids is 1. The summed E-state index contributed by atoms with van der Waals surface area (Å²) in [6.45, 7) is 7.23. The van der Waals surface area contributed by atoms with Crippen LogP contribution in [0.1, 0.15) is 59.3 Å². The molecular formula is C16H29NO3. The Morgan fingerprint density at radius 2 is 1.70 bits per heavy atom. The summed E-state index contributed by atoms with van der Waals surface area (Å²) in [6, 6.07) is 0. The normalized spacial score (nSPS) is 12.6. The van der Waals surface area contributed by atoms with E-state index in [1.807, 2.05) is 13.8 Å². The van der Waals surface area contributed by atoms with E-state index in [2.05, 4.69) is 19.1 Å². The van der Waals surface area contributed by atoms with Crippen LogP contribution in [0.3, 0.4) is 0 Å². The summed E-state index contributed by atoms with van der Waals surface area (Å²) in [4.78, 5) is 24.8. The number of unbranched alkanes of at least 4 members (excludes halogenated alkanes) is 2. The number of carboxylic acid groups (broad SMARTS) is 1. The van der Waals surface area contributed by atoms with Crippen LogP contribution < -0.4 is 0 Å². The van der Waals surface area contributed by atoms with Crippen molar-refractivity contribution >= 4 is 11.9 Å². The van der Waals surface area contributed by atoms with Crippen molar-refractivity contribution in [2.24, 2.45) is 5.92 Å². The van der Waals surface area contributed by atoms with Gasteiger partial charge in [0.15, 0.2) is 0 Å². The minimum atomic E-state index is -0.858. The van der Waals surface area contributed by atoms with Gasteiger partial charge >= 0.3 is 5.97 Å². The highest BCUT2D eigenvalue weighted by Crippen LogP contribution is 2.15. The van der Waals surface area contributed by atoms with Crippen molar-refractivity contribution in [2.45, 2.75) is 59.3 Å². The Morgan fingerprint density at radius 1 is 1.10 bits per heavy atom. The molecule has 0 radical (unpaired) electrons. The Labute approximate surface area is 122 Å². The highest BCUT2D eigenvalue weighted by molar-refractivity contribution is 5.82. The molecule has 0 aromatic carbocycles. The molecule has 0 fully saturated rings. The smallest absolute Gasteiger partial charge is 0.307 e. The molecule has 20 heavy (non-hydrogen) atoms. The zero-order valence-electron chi connectivity index (χ0n) is 13.1. The molecule has 0 spiro atoms. The van der Waals surface area contributed by atoms with E-state index in [4.69, 9.17) is 0 Å². The van der Waals surface area contributed by atoms with Crippen LogP contribution in [0.5, 0.6) is 0 Å². The number of rotatable bonds is 11. The molecule has 1 N–H and O–H groups in total. The van der Waals surface area contributed by atoms with E-state index in [0.717, 1.165) is 25.7 Å². The molecule has 0 aromatic rings. The van der Waals surface area contributed by atoms with Crippen molar-refractivity contribution in [3.05, 3.63) is 12.2 Å². The van der Waals surface area contributed by atoms with Gasteiger partial charge in [0.1, 0.15) is 0 Å². The number of carbonyl (C=O) groups is 2. The molecule has 0 aliphatic heterocycles. The van der Waals surface area contributed by atoms with Crippen LogP contribution in [0, 0.1) is 5.92 Å². The fourth-order valence-corrected chi connectivity index (χ4v) is 2.11. The van der Waals surface area contributed by atoms with Crippen LogP contribution in [0.4, 0.5) is 0 Å². The summed E-state index contributed by atoms with van der Waals surface area (Å²) in [5.41, 5.74) is 0. The maximum absolute atomic E-state index is 11.9. The quantitative estimate of drug-likeness (QED) is 0.466. The predicted octanol–water partition coefficient (Wildman–Crippen LogP) is 3.47. The topological polar surface area (TPSA) is 57.6 Å². The molecule has 4 heteroatoms. The van der Waals surface area contributed by atoms with Gasteiger partial charge in [-0.1, -0.05) is 25.5 Å². The van der Waals surface area contributed by atoms with E-state index in [0.29, 0.717) is 19.5 Å². The first-order valence-electron chi connectivity index (χ1n) is 7.72. The van der Waals surface area contributed by atoms with Gasteiger partial charge in [0.25, 0.3) is 0 Å². The summed E-state index contributed by atoms with van der Waals surface area (Å²) in [5, 5.41) is 9.20. The average molecular weight is 283 g/mol. The summed E-state index contributed by atoms with van der Waals surface area (Å²) in [7, 11) is 0. The highest BCUT2D eigenvalue weighted by Gasteiger charge is 2.22. The van der Waals surface area contributed by atoms with Crippen molar-refractivity contribution in [1.29, 1.82) is 0 Å². The van der Waals surface area contributed by atoms with Gasteiger partial charge in [0.05, 0.1) is 5.92 Å². The van der Waals surface area contributed by atoms with E-state index in [1.54, 1.807) is 4.90 Å². The fraction of sp³-hybridized carbons (Fsp3) is 0.750. The lowest BCUT2D eigenvalue weighted by molar-refractivity contribution is -0.146. The minimum Gasteiger partial charge on any atom is -0.481 e. The molecule has 0 bridgehead atoms. The third-order valence-electron chi connectivity index (χ3n) is 3.43. The lowest BCUT2D eigenvalue weighted by atomic mass is 9.97. The monoisotopic (exact) mass is 283 g/mol. The third kappa shape index (κ3) is 7.97. The van der Waals surface area contributed by atoms with Gasteiger partial charge < -0.3 is 10.0 Å². The maximum Gasteiger partial charge on any atom is 0.307 e. The van der Waals surface area contributed by atoms with Crippen LogP contribution in [-0.2, 0) is 9.59 Å². The summed E-state index contributed by atoms with van der Waals surface area (Å²) < 4.78 is 0. The number of nitrogens with zero attached hydrogens (tertiary/aromatic N) is 1. The molecule has 0 saturated heterocycles. The molecule has 116 valence electrons. The first-order chi connectivity index (χ1) is 9.56. The van der Waals surface area contributed by atoms with Gasteiger partial charge in [-0.3, -0.25) is 9.59 Å².